The molecule has 21 nitrogen and oxygen atoms in total. The molecule has 8 rings (SSSR count). The van der Waals surface area contributed by atoms with Crippen LogP contribution in [0.2, 0.25) is 0 Å². The van der Waals surface area contributed by atoms with Crippen LogP contribution in [0.4, 0.5) is 11.8 Å². The highest BCUT2D eigenvalue weighted by Crippen LogP contribution is 2.72. The number of imidazole rings is 2. The van der Waals surface area contributed by atoms with Crippen molar-refractivity contribution in [2.75, 3.05) is 31.8 Å². The second-order valence-electron chi connectivity index (χ2n) is 11.8. The van der Waals surface area contributed by atoms with E-state index in [-0.39, 0.29) is 22.9 Å². The minimum absolute atomic E-state index is 0.000670. The van der Waals surface area contributed by atoms with Gasteiger partial charge in [-0.15, -0.1) is 0 Å². The van der Waals surface area contributed by atoms with Crippen molar-refractivity contribution >= 4 is 60.4 Å². The lowest BCUT2D eigenvalue weighted by Crippen LogP contribution is -2.38. The standard InChI is InChI=1S/C23H28N10O11P2S/c1-39-14-9-3-40-46(38,47)44-16-13(34)12(32-6-28-10-17(24)26-5-27-18(10)32)8-2-23(8,16)4-41-45(36,37)43-15(14)21(42-9)33-7-29-11-19(33)30-22(25)31-20(11)35/h5-9,12-16,21,34H,2-4H2,1H3,(H,36,37)(H,38,47)(H2,24,26,27)(H3,25,30,31,35)/t8-,9-,12-,13+,14-,15-,16+,21-,23?,46?/m1/s1. The van der Waals surface area contributed by atoms with E-state index in [1.165, 1.54) is 30.7 Å². The van der Waals surface area contributed by atoms with Crippen molar-refractivity contribution in [2.24, 2.45) is 11.3 Å². The third kappa shape index (κ3) is 4.94. The van der Waals surface area contributed by atoms with Gasteiger partial charge in [-0.3, -0.25) is 23.4 Å². The van der Waals surface area contributed by atoms with Gasteiger partial charge in [0, 0.05) is 12.5 Å². The number of aliphatic hydroxyl groups excluding tert-OH is 1. The first-order chi connectivity index (χ1) is 22.3. The molecule has 4 fully saturated rings. The van der Waals surface area contributed by atoms with Gasteiger partial charge in [-0.2, -0.15) is 4.98 Å². The Kier molecular flexibility index (Phi) is 7.17. The molecule has 47 heavy (non-hydrogen) atoms. The number of methoxy groups -OCH3 is 1. The van der Waals surface area contributed by atoms with E-state index < -0.39 is 87.4 Å². The fourth-order valence-electron chi connectivity index (χ4n) is 7.08. The molecule has 4 aromatic heterocycles. The molecule has 1 spiro atoms. The summed E-state index contributed by atoms with van der Waals surface area (Å²) in [6.45, 7) is -4.99. The van der Waals surface area contributed by atoms with Gasteiger partial charge in [0.2, 0.25) is 5.95 Å². The summed E-state index contributed by atoms with van der Waals surface area (Å²) in [5.74, 6) is -0.461. The molecule has 4 aromatic rings. The van der Waals surface area contributed by atoms with Gasteiger partial charge >= 0.3 is 14.5 Å². The molecule has 8 N–H and O–H groups in total. The largest absolute Gasteiger partial charge is 0.472 e. The lowest BCUT2D eigenvalue weighted by atomic mass is 10.0. The average molecular weight is 715 g/mol. The van der Waals surface area contributed by atoms with Crippen molar-refractivity contribution in [1.82, 2.24) is 39.0 Å². The quantitative estimate of drug-likeness (QED) is 0.140. The van der Waals surface area contributed by atoms with Gasteiger partial charge in [0.25, 0.3) is 5.56 Å². The van der Waals surface area contributed by atoms with Gasteiger partial charge in [0.1, 0.15) is 42.4 Å². The van der Waals surface area contributed by atoms with E-state index in [1.54, 1.807) is 4.57 Å². The molecule has 2 saturated carbocycles. The molecule has 2 bridgehead atoms. The van der Waals surface area contributed by atoms with Crippen molar-refractivity contribution in [3.05, 3.63) is 29.3 Å². The summed E-state index contributed by atoms with van der Waals surface area (Å²) >= 11 is 5.38. The summed E-state index contributed by atoms with van der Waals surface area (Å²) in [6.07, 6.45) is -3.01. The van der Waals surface area contributed by atoms with Crippen molar-refractivity contribution in [2.45, 2.75) is 49.2 Å². The van der Waals surface area contributed by atoms with Crippen LogP contribution < -0.4 is 17.0 Å². The van der Waals surface area contributed by atoms with Crippen molar-refractivity contribution in [1.29, 1.82) is 0 Å². The summed E-state index contributed by atoms with van der Waals surface area (Å²) < 4.78 is 51.3. The summed E-state index contributed by atoms with van der Waals surface area (Å²) in [6, 6.07) is -0.718. The molecule has 4 aliphatic rings. The number of phosphoric ester groups is 1. The van der Waals surface area contributed by atoms with E-state index in [0.717, 1.165) is 0 Å². The highest BCUT2D eigenvalue weighted by molar-refractivity contribution is 8.07. The van der Waals surface area contributed by atoms with Crippen LogP contribution in [0.15, 0.2) is 23.8 Å². The number of fused-ring (bicyclic) bond motifs is 4. The van der Waals surface area contributed by atoms with Crippen LogP contribution in [-0.4, -0.2) is 105 Å². The molecular formula is C23H28N10O11P2S. The SMILES string of the molecule is CO[C@H]1[C@H]2OP(=O)(O)OCC34C[C@@H]3[C@@H](n3cnc5c(N)ncnc53)[C@H](O)[C@@H]4OP(O)(=S)OC[C@H]1O[C@H]2n1cnc2c(=O)[nH]c(N)nc21. The van der Waals surface area contributed by atoms with Crippen LogP contribution in [0.25, 0.3) is 22.3 Å². The van der Waals surface area contributed by atoms with Crippen LogP contribution in [0, 0.1) is 11.3 Å². The number of nitrogen functional groups attached to an aromatic ring is 2. The molecule has 6 heterocycles. The molecule has 2 aliphatic carbocycles. The Morgan fingerprint density at radius 3 is 2.66 bits per heavy atom. The number of nitrogens with zero attached hydrogens (tertiary/aromatic N) is 7. The smallest absolute Gasteiger partial charge is 0.388 e. The minimum Gasteiger partial charge on any atom is -0.388 e. The van der Waals surface area contributed by atoms with Gasteiger partial charge in [-0.25, -0.2) is 24.5 Å². The van der Waals surface area contributed by atoms with E-state index in [2.05, 4.69) is 29.9 Å². The third-order valence-corrected chi connectivity index (χ3v) is 11.7. The number of hydrogen-bond acceptors (Lipinski definition) is 17. The Hall–Kier alpha value is -2.98. The maximum Gasteiger partial charge on any atom is 0.472 e. The molecule has 0 aromatic carbocycles. The van der Waals surface area contributed by atoms with E-state index in [9.17, 15) is 24.3 Å². The fourth-order valence-corrected chi connectivity index (χ4v) is 9.55. The minimum atomic E-state index is -4.93. The number of rotatable bonds is 3. The lowest BCUT2D eigenvalue weighted by Gasteiger charge is -2.31. The van der Waals surface area contributed by atoms with Gasteiger partial charge < -0.3 is 49.4 Å². The van der Waals surface area contributed by atoms with E-state index in [1.807, 2.05) is 0 Å². The average Bonchev–Trinajstić information content (AvgIpc) is 3.30. The first kappa shape index (κ1) is 31.3. The van der Waals surface area contributed by atoms with Crippen molar-refractivity contribution in [3.63, 3.8) is 0 Å². The number of anilines is 2. The monoisotopic (exact) mass is 714 g/mol. The molecule has 3 unspecified atom stereocenters. The summed E-state index contributed by atoms with van der Waals surface area (Å²) in [5, 5.41) is 11.6. The van der Waals surface area contributed by atoms with Crippen molar-refractivity contribution in [3.8, 4) is 0 Å². The predicted octanol–water partition coefficient (Wildman–Crippen LogP) is -0.907. The second kappa shape index (κ2) is 10.8. The zero-order chi connectivity index (χ0) is 33.0. The number of aromatic nitrogens is 8. The highest BCUT2D eigenvalue weighted by Gasteiger charge is 2.74. The second-order valence-corrected chi connectivity index (χ2v) is 15.9. The zero-order valence-corrected chi connectivity index (χ0v) is 26.8. The maximum absolute atomic E-state index is 13.6. The molecule has 24 heteroatoms. The molecule has 2 saturated heterocycles. The Labute approximate surface area is 268 Å². The first-order valence-electron chi connectivity index (χ1n) is 14.2. The number of phosphoric acid groups is 1. The Morgan fingerprint density at radius 1 is 1.11 bits per heavy atom. The highest BCUT2D eigenvalue weighted by atomic mass is 32.5. The zero-order valence-electron chi connectivity index (χ0n) is 24.2. The number of ether oxygens (including phenoxy) is 2. The van der Waals surface area contributed by atoms with Gasteiger partial charge in [0.15, 0.2) is 28.9 Å². The van der Waals surface area contributed by atoms with Crippen LogP contribution in [-0.2, 0) is 43.9 Å². The number of nitrogens with one attached hydrogen (secondary N) is 1. The summed E-state index contributed by atoms with van der Waals surface area (Å²) in [5.41, 5.74) is 10.6. The van der Waals surface area contributed by atoms with Crippen LogP contribution in [0.1, 0.15) is 18.7 Å². The van der Waals surface area contributed by atoms with Gasteiger partial charge in [0.05, 0.1) is 31.9 Å². The molecule has 2 aliphatic heterocycles. The fraction of sp³-hybridized carbons (Fsp3) is 0.565. The summed E-state index contributed by atoms with van der Waals surface area (Å²) in [7, 11) is -3.62. The Bertz CT molecular complexity index is 2060. The molecule has 0 radical (unpaired) electrons. The summed E-state index contributed by atoms with van der Waals surface area (Å²) in [4.78, 5) is 57.8. The molecular weight excluding hydrogens is 686 g/mol. The van der Waals surface area contributed by atoms with Gasteiger partial charge in [-0.05, 0) is 24.1 Å². The normalized spacial score (nSPS) is 40.4. The van der Waals surface area contributed by atoms with Crippen LogP contribution >= 0.6 is 14.5 Å². The maximum atomic E-state index is 13.6. The van der Waals surface area contributed by atoms with E-state index >= 15 is 0 Å². The Morgan fingerprint density at radius 2 is 1.87 bits per heavy atom. The number of aromatic amines is 1. The number of nitrogens with two attached hydrogens (primary N) is 2. The predicted molar refractivity (Wildman–Crippen MR) is 161 cm³/mol. The van der Waals surface area contributed by atoms with Crippen LogP contribution in [0.5, 0.6) is 0 Å². The lowest BCUT2D eigenvalue weighted by molar-refractivity contribution is -0.0625. The van der Waals surface area contributed by atoms with Gasteiger partial charge in [-0.1, -0.05) is 0 Å². The topological polar surface area (TPSA) is 292 Å². The van der Waals surface area contributed by atoms with Crippen molar-refractivity contribution < 1.29 is 47.0 Å². The molecule has 11 atom stereocenters. The number of H-pyrrole nitrogens is 1. The molecule has 252 valence electrons. The molecule has 0 amide bonds. The van der Waals surface area contributed by atoms with E-state index in [0.29, 0.717) is 17.6 Å². The van der Waals surface area contributed by atoms with E-state index in [4.69, 9.17) is 50.8 Å². The van der Waals surface area contributed by atoms with Crippen LogP contribution in [0.3, 0.4) is 0 Å². The number of aliphatic hydroxyl groups is 1. The Balaban J connectivity index is 1.15. The third-order valence-electron chi connectivity index (χ3n) is 9.21. The first-order valence-corrected chi connectivity index (χ1v) is 18.2. The number of hydrogen-bond donors (Lipinski definition) is 6.